The summed E-state index contributed by atoms with van der Waals surface area (Å²) in [5.41, 5.74) is 1.44. The van der Waals surface area contributed by atoms with E-state index in [0.29, 0.717) is 28.8 Å². The number of aryl methyl sites for hydroxylation is 1. The molecule has 7 heteroatoms. The molecule has 1 amide bonds. The van der Waals surface area contributed by atoms with E-state index >= 15 is 0 Å². The second-order valence-corrected chi connectivity index (χ2v) is 6.69. The smallest absolute Gasteiger partial charge is 0.330 e. The minimum atomic E-state index is -1.16. The van der Waals surface area contributed by atoms with Gasteiger partial charge in [-0.2, -0.15) is 5.10 Å². The molecule has 0 radical (unpaired) electrons. The molecule has 0 atom stereocenters. The van der Waals surface area contributed by atoms with Gasteiger partial charge in [-0.1, -0.05) is 30.3 Å². The molecule has 3 aromatic rings. The van der Waals surface area contributed by atoms with E-state index in [1.54, 1.807) is 30.8 Å². The Morgan fingerprint density at radius 2 is 1.93 bits per heavy atom. The number of carbonyl (C=O) groups is 2. The highest BCUT2D eigenvalue weighted by atomic mass is 16.5. The van der Waals surface area contributed by atoms with Crippen LogP contribution in [0.15, 0.2) is 42.6 Å². The number of rotatable bonds is 5. The molecule has 0 bridgehead atoms. The first-order valence-electron chi connectivity index (χ1n) is 8.70. The van der Waals surface area contributed by atoms with E-state index in [2.05, 4.69) is 10.4 Å². The number of benzene rings is 1. The molecule has 1 N–H and O–H groups in total. The topological polar surface area (TPSA) is 86.1 Å². The van der Waals surface area contributed by atoms with E-state index in [4.69, 9.17) is 9.72 Å². The third-order valence-corrected chi connectivity index (χ3v) is 4.34. The van der Waals surface area contributed by atoms with Crippen LogP contribution in [0.2, 0.25) is 0 Å². The zero-order chi connectivity index (χ0) is 19.6. The summed E-state index contributed by atoms with van der Waals surface area (Å²) in [7, 11) is 1.29. The van der Waals surface area contributed by atoms with Crippen molar-refractivity contribution < 1.29 is 14.3 Å². The van der Waals surface area contributed by atoms with Crippen LogP contribution in [0.5, 0.6) is 0 Å². The Morgan fingerprint density at radius 1 is 1.22 bits per heavy atom. The monoisotopic (exact) mass is 366 g/mol. The first-order chi connectivity index (χ1) is 12.9. The van der Waals surface area contributed by atoms with Crippen LogP contribution in [-0.4, -0.2) is 39.3 Å². The van der Waals surface area contributed by atoms with Gasteiger partial charge in [0.2, 0.25) is 0 Å². The summed E-state index contributed by atoms with van der Waals surface area (Å²) in [6, 6.07) is 11.3. The second-order valence-electron chi connectivity index (χ2n) is 6.69. The van der Waals surface area contributed by atoms with Crippen LogP contribution in [0.25, 0.3) is 22.3 Å². The molecule has 2 heterocycles. The molecule has 140 valence electrons. The van der Waals surface area contributed by atoms with E-state index in [9.17, 15) is 9.59 Å². The molecule has 3 rings (SSSR count). The summed E-state index contributed by atoms with van der Waals surface area (Å²) >= 11 is 0. The number of amides is 1. The molecule has 1 aromatic carbocycles. The zero-order valence-corrected chi connectivity index (χ0v) is 15.8. The van der Waals surface area contributed by atoms with Crippen molar-refractivity contribution >= 4 is 22.9 Å². The third-order valence-electron chi connectivity index (χ3n) is 4.34. The van der Waals surface area contributed by atoms with E-state index in [-0.39, 0.29) is 5.91 Å². The van der Waals surface area contributed by atoms with Crippen LogP contribution in [0.1, 0.15) is 31.1 Å². The minimum absolute atomic E-state index is 0.384. The van der Waals surface area contributed by atoms with Crippen molar-refractivity contribution in [3.8, 4) is 11.3 Å². The fourth-order valence-corrected chi connectivity index (χ4v) is 2.88. The maximum absolute atomic E-state index is 13.0. The van der Waals surface area contributed by atoms with Gasteiger partial charge >= 0.3 is 5.97 Å². The predicted molar refractivity (Wildman–Crippen MR) is 102 cm³/mol. The highest BCUT2D eigenvalue weighted by Gasteiger charge is 2.31. The molecule has 2 aromatic heterocycles. The lowest BCUT2D eigenvalue weighted by atomic mass is 10.0. The highest BCUT2D eigenvalue weighted by Crippen LogP contribution is 2.25. The van der Waals surface area contributed by atoms with Crippen LogP contribution in [-0.2, 0) is 16.1 Å². The van der Waals surface area contributed by atoms with Gasteiger partial charge in [-0.25, -0.2) is 14.5 Å². The number of aromatic nitrogens is 3. The Hall–Kier alpha value is -3.22. The Bertz CT molecular complexity index is 993. The largest absolute Gasteiger partial charge is 0.467 e. The molecule has 7 nitrogen and oxygen atoms in total. The number of methoxy groups -OCH3 is 1. The number of pyridine rings is 1. The van der Waals surface area contributed by atoms with Gasteiger partial charge in [0.15, 0.2) is 5.65 Å². The number of hydrogen-bond donors (Lipinski definition) is 1. The minimum Gasteiger partial charge on any atom is -0.467 e. The number of nitrogens with zero attached hydrogens (tertiary/aromatic N) is 3. The van der Waals surface area contributed by atoms with Crippen LogP contribution in [0, 0.1) is 0 Å². The Kier molecular flexibility index (Phi) is 4.94. The van der Waals surface area contributed by atoms with Crippen LogP contribution in [0.3, 0.4) is 0 Å². The van der Waals surface area contributed by atoms with Gasteiger partial charge in [-0.15, -0.1) is 0 Å². The van der Waals surface area contributed by atoms with Gasteiger partial charge in [0, 0.05) is 12.1 Å². The van der Waals surface area contributed by atoms with Crippen molar-refractivity contribution in [2.24, 2.45) is 0 Å². The van der Waals surface area contributed by atoms with Crippen LogP contribution >= 0.6 is 0 Å². The van der Waals surface area contributed by atoms with Crippen molar-refractivity contribution in [1.82, 2.24) is 20.1 Å². The van der Waals surface area contributed by atoms with Crippen molar-refractivity contribution in [3.05, 3.63) is 48.2 Å². The summed E-state index contributed by atoms with van der Waals surface area (Å²) in [6.07, 6.45) is 1.63. The molecule has 27 heavy (non-hydrogen) atoms. The lowest BCUT2D eigenvalue weighted by molar-refractivity contribution is -0.146. The molecule has 0 aliphatic heterocycles. The van der Waals surface area contributed by atoms with Crippen molar-refractivity contribution in [1.29, 1.82) is 0 Å². The number of hydrogen-bond acceptors (Lipinski definition) is 5. The average molecular weight is 366 g/mol. The molecular weight excluding hydrogens is 344 g/mol. The molecule has 0 aliphatic carbocycles. The molecule has 0 spiro atoms. The van der Waals surface area contributed by atoms with Gasteiger partial charge in [-0.05, 0) is 26.8 Å². The van der Waals surface area contributed by atoms with Gasteiger partial charge in [0.05, 0.1) is 30.0 Å². The fourth-order valence-electron chi connectivity index (χ4n) is 2.88. The molecule has 0 aliphatic rings. The lowest BCUT2D eigenvalue weighted by Crippen LogP contribution is -2.50. The second kappa shape index (κ2) is 7.19. The quantitative estimate of drug-likeness (QED) is 0.702. The molecular formula is C20H22N4O3. The van der Waals surface area contributed by atoms with E-state index in [1.807, 2.05) is 37.3 Å². The molecule has 0 saturated heterocycles. The van der Waals surface area contributed by atoms with Gasteiger partial charge in [-0.3, -0.25) is 4.79 Å². The Morgan fingerprint density at radius 3 is 2.56 bits per heavy atom. The average Bonchev–Trinajstić information content (AvgIpc) is 3.09. The normalized spacial score (nSPS) is 11.4. The summed E-state index contributed by atoms with van der Waals surface area (Å²) in [6.45, 7) is 5.79. The standard InChI is InChI=1S/C20H22N4O3/c1-5-24-17-15(12-21-24)14(18(25)23-20(2,3)19(26)27-4)11-16(22-17)13-9-7-6-8-10-13/h6-12H,5H2,1-4H3,(H,23,25). The lowest BCUT2D eigenvalue weighted by Gasteiger charge is -2.23. The molecule has 0 unspecified atom stereocenters. The van der Waals surface area contributed by atoms with Gasteiger partial charge < -0.3 is 10.1 Å². The maximum atomic E-state index is 13.0. The number of esters is 1. The number of carbonyl (C=O) groups excluding carboxylic acids is 2. The highest BCUT2D eigenvalue weighted by molar-refractivity contribution is 6.08. The third kappa shape index (κ3) is 3.53. The van der Waals surface area contributed by atoms with Gasteiger partial charge in [0.1, 0.15) is 5.54 Å². The maximum Gasteiger partial charge on any atom is 0.330 e. The first-order valence-corrected chi connectivity index (χ1v) is 8.70. The Labute approximate surface area is 157 Å². The first kappa shape index (κ1) is 18.6. The summed E-state index contributed by atoms with van der Waals surface area (Å²) < 4.78 is 6.51. The predicted octanol–water partition coefficient (Wildman–Crippen LogP) is 2.80. The van der Waals surface area contributed by atoms with E-state index in [0.717, 1.165) is 5.56 Å². The van der Waals surface area contributed by atoms with Crippen LogP contribution < -0.4 is 5.32 Å². The summed E-state index contributed by atoms with van der Waals surface area (Å²) in [5, 5.41) is 7.70. The molecule has 0 saturated carbocycles. The van der Waals surface area contributed by atoms with Crippen molar-refractivity contribution in [2.45, 2.75) is 32.9 Å². The number of fused-ring (bicyclic) bond motifs is 1. The molecule has 0 fully saturated rings. The summed E-state index contributed by atoms with van der Waals surface area (Å²) in [4.78, 5) is 29.6. The number of ether oxygens (including phenoxy) is 1. The van der Waals surface area contributed by atoms with Crippen molar-refractivity contribution in [3.63, 3.8) is 0 Å². The van der Waals surface area contributed by atoms with Crippen molar-refractivity contribution in [2.75, 3.05) is 7.11 Å². The zero-order valence-electron chi connectivity index (χ0n) is 15.8. The van der Waals surface area contributed by atoms with E-state index < -0.39 is 11.5 Å². The number of nitrogens with one attached hydrogen (secondary N) is 1. The van der Waals surface area contributed by atoms with E-state index in [1.165, 1.54) is 7.11 Å². The fraction of sp³-hybridized carbons (Fsp3) is 0.300. The Balaban J connectivity index is 2.12. The summed E-state index contributed by atoms with van der Waals surface area (Å²) in [5.74, 6) is -0.903. The van der Waals surface area contributed by atoms with Gasteiger partial charge in [0.25, 0.3) is 5.91 Å². The SMILES string of the molecule is CCn1ncc2c(C(=O)NC(C)(C)C(=O)OC)cc(-c3ccccc3)nc21. The van der Waals surface area contributed by atoms with Crippen LogP contribution in [0.4, 0.5) is 0 Å².